The Morgan fingerprint density at radius 2 is 1.96 bits per heavy atom. The van der Waals surface area contributed by atoms with Crippen molar-refractivity contribution in [1.29, 1.82) is 0 Å². The van der Waals surface area contributed by atoms with Crippen molar-refractivity contribution in [2.45, 2.75) is 25.0 Å². The molecule has 2 amide bonds. The van der Waals surface area contributed by atoms with Crippen LogP contribution in [0.25, 0.3) is 0 Å². The average molecular weight is 369 g/mol. The Hall–Kier alpha value is -2.66. The molecule has 0 saturated heterocycles. The number of aryl methyl sites for hydroxylation is 2. The number of anilines is 1. The number of halogens is 1. The SMILES string of the molecule is Cc1cc(C)nc(N(C(N)=O)S(=O)(=O)c2ncccc2C(O)CF)n1. The maximum atomic E-state index is 12.9. The van der Waals surface area contributed by atoms with Crippen LogP contribution in [0, 0.1) is 13.8 Å². The number of aliphatic hydroxyl groups excluding tert-OH is 1. The summed E-state index contributed by atoms with van der Waals surface area (Å²) >= 11 is 0. The van der Waals surface area contributed by atoms with E-state index in [1.54, 1.807) is 19.9 Å². The van der Waals surface area contributed by atoms with Crippen LogP contribution in [0.15, 0.2) is 29.4 Å². The van der Waals surface area contributed by atoms with Gasteiger partial charge in [0.1, 0.15) is 12.8 Å². The van der Waals surface area contributed by atoms with Crippen molar-refractivity contribution in [1.82, 2.24) is 15.0 Å². The number of hydrogen-bond donors (Lipinski definition) is 2. The highest BCUT2D eigenvalue weighted by Gasteiger charge is 2.36. The third kappa shape index (κ3) is 3.72. The molecule has 0 spiro atoms. The van der Waals surface area contributed by atoms with Crippen LogP contribution in [0.3, 0.4) is 0 Å². The molecule has 0 aromatic carbocycles. The molecule has 0 radical (unpaired) electrons. The van der Waals surface area contributed by atoms with Crippen molar-refractivity contribution >= 4 is 22.0 Å². The van der Waals surface area contributed by atoms with E-state index in [1.165, 1.54) is 12.1 Å². The highest BCUT2D eigenvalue weighted by molar-refractivity contribution is 7.93. The number of nitrogens with zero attached hydrogens (tertiary/aromatic N) is 4. The Morgan fingerprint density at radius 1 is 1.36 bits per heavy atom. The Bertz CT molecular complexity index is 886. The van der Waals surface area contributed by atoms with E-state index in [2.05, 4.69) is 15.0 Å². The van der Waals surface area contributed by atoms with Gasteiger partial charge in [-0.25, -0.2) is 24.1 Å². The quantitative estimate of drug-likeness (QED) is 0.793. The summed E-state index contributed by atoms with van der Waals surface area (Å²) in [7, 11) is -4.68. The van der Waals surface area contributed by atoms with Crippen LogP contribution in [0.2, 0.25) is 0 Å². The van der Waals surface area contributed by atoms with E-state index in [1.807, 2.05) is 0 Å². The average Bonchev–Trinajstić information content (AvgIpc) is 2.52. The minimum atomic E-state index is -4.68. The Labute approximate surface area is 143 Å². The number of aliphatic hydroxyl groups is 1. The van der Waals surface area contributed by atoms with Gasteiger partial charge in [-0.05, 0) is 26.0 Å². The second-order valence-electron chi connectivity index (χ2n) is 5.13. The van der Waals surface area contributed by atoms with Gasteiger partial charge in [0.15, 0.2) is 5.03 Å². The summed E-state index contributed by atoms with van der Waals surface area (Å²) in [6, 6.07) is 2.73. The summed E-state index contributed by atoms with van der Waals surface area (Å²) in [4.78, 5) is 23.3. The van der Waals surface area contributed by atoms with Crippen molar-refractivity contribution in [3.8, 4) is 0 Å². The molecule has 0 bridgehead atoms. The number of pyridine rings is 1. The van der Waals surface area contributed by atoms with Gasteiger partial charge < -0.3 is 10.8 Å². The lowest BCUT2D eigenvalue weighted by atomic mass is 10.2. The molecule has 0 aliphatic heterocycles. The molecular weight excluding hydrogens is 353 g/mol. The summed E-state index contributed by atoms with van der Waals surface area (Å²) in [6.07, 6.45) is -0.601. The molecule has 0 fully saturated rings. The van der Waals surface area contributed by atoms with E-state index in [9.17, 15) is 22.7 Å². The first kappa shape index (κ1) is 18.7. The molecule has 2 heterocycles. The summed E-state index contributed by atoms with van der Waals surface area (Å²) in [5, 5.41) is 9.00. The van der Waals surface area contributed by atoms with Crippen LogP contribution in [0.1, 0.15) is 23.1 Å². The van der Waals surface area contributed by atoms with Gasteiger partial charge in [-0.2, -0.15) is 8.42 Å². The van der Waals surface area contributed by atoms with E-state index >= 15 is 0 Å². The van der Waals surface area contributed by atoms with E-state index in [0.717, 1.165) is 6.20 Å². The number of rotatable bonds is 5. The third-order valence-electron chi connectivity index (χ3n) is 3.14. The zero-order chi connectivity index (χ0) is 18.8. The largest absolute Gasteiger partial charge is 0.386 e. The lowest BCUT2D eigenvalue weighted by Crippen LogP contribution is -2.43. The summed E-state index contributed by atoms with van der Waals surface area (Å²) < 4.78 is 38.8. The maximum Gasteiger partial charge on any atom is 0.336 e. The number of urea groups is 1. The predicted octanol–water partition coefficient (Wildman–Crippen LogP) is 0.765. The fourth-order valence-corrected chi connectivity index (χ4v) is 3.57. The van der Waals surface area contributed by atoms with Gasteiger partial charge in [-0.3, -0.25) is 0 Å². The Balaban J connectivity index is 2.69. The minimum absolute atomic E-state index is 0.170. The molecule has 0 saturated carbocycles. The van der Waals surface area contributed by atoms with Gasteiger partial charge in [0.2, 0.25) is 5.95 Å². The molecule has 2 aromatic rings. The molecule has 9 nitrogen and oxygen atoms in total. The molecule has 2 aromatic heterocycles. The molecule has 1 unspecified atom stereocenters. The number of carbonyl (C=O) groups excluding carboxylic acids is 1. The number of alkyl halides is 1. The Kier molecular flexibility index (Phi) is 5.28. The molecule has 11 heteroatoms. The zero-order valence-electron chi connectivity index (χ0n) is 13.4. The first-order chi connectivity index (χ1) is 11.7. The van der Waals surface area contributed by atoms with Crippen LogP contribution < -0.4 is 10.0 Å². The first-order valence-electron chi connectivity index (χ1n) is 7.04. The number of carbonyl (C=O) groups is 1. The van der Waals surface area contributed by atoms with Crippen LogP contribution in [-0.4, -0.2) is 41.2 Å². The topological polar surface area (TPSA) is 139 Å². The number of sulfonamides is 1. The number of amides is 2. The van der Waals surface area contributed by atoms with Crippen molar-refractivity contribution in [2.24, 2.45) is 5.73 Å². The molecule has 0 aliphatic rings. The van der Waals surface area contributed by atoms with Crippen molar-refractivity contribution < 1.29 is 22.7 Å². The molecule has 1 atom stereocenters. The summed E-state index contributed by atoms with van der Waals surface area (Å²) in [5.41, 5.74) is 5.73. The smallest absolute Gasteiger partial charge is 0.336 e. The molecular formula is C14H16FN5O4S. The lowest BCUT2D eigenvalue weighted by molar-refractivity contribution is 0.138. The van der Waals surface area contributed by atoms with E-state index in [0.29, 0.717) is 11.4 Å². The summed E-state index contributed by atoms with van der Waals surface area (Å²) in [6.45, 7) is 1.94. The highest BCUT2D eigenvalue weighted by Crippen LogP contribution is 2.26. The second kappa shape index (κ2) is 7.07. The van der Waals surface area contributed by atoms with Gasteiger partial charge in [0.05, 0.1) is 0 Å². The fourth-order valence-electron chi connectivity index (χ4n) is 2.16. The predicted molar refractivity (Wildman–Crippen MR) is 85.9 cm³/mol. The Morgan fingerprint density at radius 3 is 2.48 bits per heavy atom. The van der Waals surface area contributed by atoms with E-state index in [-0.39, 0.29) is 9.87 Å². The molecule has 2 rings (SSSR count). The van der Waals surface area contributed by atoms with Crippen LogP contribution in [0.4, 0.5) is 15.1 Å². The maximum absolute atomic E-state index is 12.9. The van der Waals surface area contributed by atoms with E-state index < -0.39 is 39.8 Å². The van der Waals surface area contributed by atoms with Crippen LogP contribution >= 0.6 is 0 Å². The van der Waals surface area contributed by atoms with Gasteiger partial charge in [0, 0.05) is 23.1 Å². The van der Waals surface area contributed by atoms with Crippen LogP contribution in [-0.2, 0) is 10.0 Å². The number of nitrogens with two attached hydrogens (primary N) is 1. The van der Waals surface area contributed by atoms with Crippen molar-refractivity contribution in [3.05, 3.63) is 41.3 Å². The van der Waals surface area contributed by atoms with Gasteiger partial charge in [-0.1, -0.05) is 6.07 Å². The zero-order valence-corrected chi connectivity index (χ0v) is 14.2. The molecule has 0 aliphatic carbocycles. The normalized spacial score (nSPS) is 12.6. The van der Waals surface area contributed by atoms with Gasteiger partial charge >= 0.3 is 6.03 Å². The molecule has 134 valence electrons. The second-order valence-corrected chi connectivity index (χ2v) is 6.83. The highest BCUT2D eigenvalue weighted by atomic mass is 32.2. The van der Waals surface area contributed by atoms with Gasteiger partial charge in [0.25, 0.3) is 10.0 Å². The number of hydrogen-bond acceptors (Lipinski definition) is 7. The number of aromatic nitrogens is 3. The van der Waals surface area contributed by atoms with E-state index in [4.69, 9.17) is 5.73 Å². The standard InChI is InChI=1S/C14H16FN5O4S/c1-8-6-9(2)19-14(18-8)20(13(16)22)25(23,24)12-10(11(21)7-15)4-3-5-17-12/h3-6,11,21H,7H2,1-2H3,(H2,16,22). The minimum Gasteiger partial charge on any atom is -0.386 e. The lowest BCUT2D eigenvalue weighted by Gasteiger charge is -2.20. The molecule has 25 heavy (non-hydrogen) atoms. The third-order valence-corrected chi connectivity index (χ3v) is 4.80. The first-order valence-corrected chi connectivity index (χ1v) is 8.48. The summed E-state index contributed by atoms with van der Waals surface area (Å²) in [5.74, 6) is -0.462. The monoisotopic (exact) mass is 369 g/mol. The van der Waals surface area contributed by atoms with Gasteiger partial charge in [-0.15, -0.1) is 4.31 Å². The van der Waals surface area contributed by atoms with Crippen molar-refractivity contribution in [3.63, 3.8) is 0 Å². The molecule has 3 N–H and O–H groups in total. The van der Waals surface area contributed by atoms with Crippen molar-refractivity contribution in [2.75, 3.05) is 11.0 Å². The van der Waals surface area contributed by atoms with Crippen LogP contribution in [0.5, 0.6) is 0 Å². The number of primary amides is 1. The fraction of sp³-hybridized carbons (Fsp3) is 0.286.